The van der Waals surface area contributed by atoms with Gasteiger partial charge in [0, 0.05) is 43.7 Å². The van der Waals surface area contributed by atoms with Crippen molar-refractivity contribution in [2.24, 2.45) is 0 Å². The minimum Gasteiger partial charge on any atom is -0.456 e. The molecule has 0 saturated carbocycles. The predicted octanol–water partition coefficient (Wildman–Crippen LogP) is 13.4. The highest BCUT2D eigenvalue weighted by Crippen LogP contribution is 2.49. The van der Waals surface area contributed by atoms with Gasteiger partial charge in [0.2, 0.25) is 0 Å². The monoisotopic (exact) mass is 662 g/mol. The van der Waals surface area contributed by atoms with Gasteiger partial charge in [-0.2, -0.15) is 0 Å². The molecule has 0 radical (unpaired) electrons. The molecule has 3 heteroatoms. The Labute approximate surface area is 299 Å². The third-order valence-electron chi connectivity index (χ3n) is 11.3. The van der Waals surface area contributed by atoms with E-state index in [2.05, 4.69) is 167 Å². The summed E-state index contributed by atoms with van der Waals surface area (Å²) >= 11 is 0. The van der Waals surface area contributed by atoms with Crippen LogP contribution in [0.4, 0.5) is 17.1 Å². The molecule has 0 spiro atoms. The predicted molar refractivity (Wildman–Crippen MR) is 217 cm³/mol. The average Bonchev–Trinajstić information content (AvgIpc) is 3.95. The van der Waals surface area contributed by atoms with Crippen LogP contribution in [0.2, 0.25) is 0 Å². The number of hydrogen-bond acceptors (Lipinski definition) is 2. The summed E-state index contributed by atoms with van der Waals surface area (Å²) < 4.78 is 8.60. The molecule has 0 unspecified atom stereocenters. The number of aromatic nitrogens is 1. The lowest BCUT2D eigenvalue weighted by Crippen LogP contribution is -2.10. The fourth-order valence-electron chi connectivity index (χ4n) is 9.02. The van der Waals surface area contributed by atoms with E-state index < -0.39 is 0 Å². The zero-order valence-corrected chi connectivity index (χ0v) is 28.2. The lowest BCUT2D eigenvalue weighted by Gasteiger charge is -2.27. The topological polar surface area (TPSA) is 20.8 Å². The number of para-hydroxylation sites is 3. The average molecular weight is 663 g/mol. The second kappa shape index (κ2) is 10.3. The normalized spacial score (nSPS) is 12.5. The van der Waals surface area contributed by atoms with E-state index in [0.717, 1.165) is 39.7 Å². The van der Waals surface area contributed by atoms with Crippen LogP contribution in [0.25, 0.3) is 82.3 Å². The SMILES string of the molecule is c1ccc2c(c1)Cc1ccc(N(c3ccc(-c4ccc5oc6ccccc6c5c4)cc3)c3ccc4c5ccccc5n5c6ccccc6c3c45)cc1-2. The molecule has 3 heterocycles. The lowest BCUT2D eigenvalue weighted by molar-refractivity contribution is 0.669. The summed E-state index contributed by atoms with van der Waals surface area (Å²) in [5, 5.41) is 7.39. The zero-order chi connectivity index (χ0) is 33.9. The van der Waals surface area contributed by atoms with E-state index in [9.17, 15) is 0 Å². The van der Waals surface area contributed by atoms with Gasteiger partial charge in [-0.15, -0.1) is 0 Å². The Morgan fingerprint density at radius 2 is 1.12 bits per heavy atom. The highest BCUT2D eigenvalue weighted by atomic mass is 16.3. The first kappa shape index (κ1) is 27.9. The Morgan fingerprint density at radius 1 is 0.442 bits per heavy atom. The number of rotatable bonds is 4. The van der Waals surface area contributed by atoms with E-state index in [1.165, 1.54) is 77.2 Å². The molecule has 1 aliphatic carbocycles. The van der Waals surface area contributed by atoms with E-state index in [0.29, 0.717) is 0 Å². The molecule has 0 bridgehead atoms. The van der Waals surface area contributed by atoms with Crippen LogP contribution in [0.3, 0.4) is 0 Å². The van der Waals surface area contributed by atoms with Gasteiger partial charge in [0.25, 0.3) is 0 Å². The second-order valence-corrected chi connectivity index (χ2v) is 14.1. The molecule has 242 valence electrons. The van der Waals surface area contributed by atoms with Gasteiger partial charge in [0.1, 0.15) is 11.2 Å². The van der Waals surface area contributed by atoms with E-state index in [1.807, 2.05) is 12.1 Å². The molecule has 0 amide bonds. The molecule has 0 aliphatic heterocycles. The van der Waals surface area contributed by atoms with Crippen molar-refractivity contribution in [2.75, 3.05) is 4.90 Å². The largest absolute Gasteiger partial charge is 0.456 e. The number of benzene rings is 8. The zero-order valence-electron chi connectivity index (χ0n) is 28.2. The van der Waals surface area contributed by atoms with Crippen LogP contribution in [-0.2, 0) is 6.42 Å². The minimum atomic E-state index is 0.914. The van der Waals surface area contributed by atoms with E-state index in [1.54, 1.807) is 0 Å². The summed E-state index contributed by atoms with van der Waals surface area (Å²) in [6.07, 6.45) is 0.974. The van der Waals surface area contributed by atoms with Crippen molar-refractivity contribution < 1.29 is 4.42 Å². The van der Waals surface area contributed by atoms with Crippen LogP contribution in [0, 0.1) is 0 Å². The van der Waals surface area contributed by atoms with Gasteiger partial charge in [0.15, 0.2) is 0 Å². The molecule has 0 N–H and O–H groups in total. The highest BCUT2D eigenvalue weighted by Gasteiger charge is 2.26. The van der Waals surface area contributed by atoms with Gasteiger partial charge >= 0.3 is 0 Å². The van der Waals surface area contributed by atoms with E-state index >= 15 is 0 Å². The van der Waals surface area contributed by atoms with Crippen molar-refractivity contribution in [2.45, 2.75) is 6.42 Å². The van der Waals surface area contributed by atoms with Crippen molar-refractivity contribution in [1.29, 1.82) is 0 Å². The van der Waals surface area contributed by atoms with Gasteiger partial charge in [-0.3, -0.25) is 0 Å². The van der Waals surface area contributed by atoms with Crippen molar-refractivity contribution in [3.8, 4) is 22.3 Å². The molecule has 0 fully saturated rings. The minimum absolute atomic E-state index is 0.914. The lowest BCUT2D eigenvalue weighted by atomic mass is 10.0. The smallest absolute Gasteiger partial charge is 0.135 e. The molecule has 12 rings (SSSR count). The summed E-state index contributed by atoms with van der Waals surface area (Å²) in [7, 11) is 0. The van der Waals surface area contributed by atoms with Gasteiger partial charge in [-0.05, 0) is 100 Å². The summed E-state index contributed by atoms with van der Waals surface area (Å²) in [6.45, 7) is 0. The summed E-state index contributed by atoms with van der Waals surface area (Å²) in [5.74, 6) is 0. The quantitative estimate of drug-likeness (QED) is 0.187. The molecule has 0 saturated heterocycles. The molecule has 8 aromatic carbocycles. The summed E-state index contributed by atoms with van der Waals surface area (Å²) in [5.41, 5.74) is 16.8. The maximum absolute atomic E-state index is 6.14. The van der Waals surface area contributed by atoms with Crippen molar-refractivity contribution in [1.82, 2.24) is 4.40 Å². The van der Waals surface area contributed by atoms with Crippen LogP contribution in [0.15, 0.2) is 174 Å². The van der Waals surface area contributed by atoms with Crippen LogP contribution in [0.5, 0.6) is 0 Å². The van der Waals surface area contributed by atoms with Crippen LogP contribution >= 0.6 is 0 Å². The Bertz CT molecular complexity index is 3220. The van der Waals surface area contributed by atoms with E-state index in [-0.39, 0.29) is 0 Å². The molecule has 3 aromatic heterocycles. The third-order valence-corrected chi connectivity index (χ3v) is 11.3. The summed E-state index contributed by atoms with van der Waals surface area (Å²) in [6, 6.07) is 62.1. The Hall–Kier alpha value is -6.84. The summed E-state index contributed by atoms with van der Waals surface area (Å²) in [4.78, 5) is 2.47. The first-order valence-corrected chi connectivity index (χ1v) is 18.0. The van der Waals surface area contributed by atoms with Gasteiger partial charge < -0.3 is 13.7 Å². The van der Waals surface area contributed by atoms with E-state index in [4.69, 9.17) is 4.42 Å². The maximum Gasteiger partial charge on any atom is 0.135 e. The van der Waals surface area contributed by atoms with Crippen LogP contribution in [0.1, 0.15) is 11.1 Å². The van der Waals surface area contributed by atoms with Crippen molar-refractivity contribution in [3.05, 3.63) is 181 Å². The van der Waals surface area contributed by atoms with Crippen molar-refractivity contribution >= 4 is 77.1 Å². The van der Waals surface area contributed by atoms with Gasteiger partial charge in [-0.25, -0.2) is 0 Å². The highest BCUT2D eigenvalue weighted by molar-refractivity contribution is 6.27. The number of anilines is 3. The number of furan rings is 1. The Morgan fingerprint density at radius 3 is 2.00 bits per heavy atom. The van der Waals surface area contributed by atoms with Gasteiger partial charge in [0.05, 0.1) is 22.2 Å². The molecule has 3 nitrogen and oxygen atoms in total. The molecule has 52 heavy (non-hydrogen) atoms. The standard InChI is InChI=1S/C49H30N2O/c1-2-10-36-32(9-1)27-33-19-23-35(29-41(33)36)50(34-21-17-30(18-22-34)31-20-26-47-42(28-31)38-12-5-8-16-46(38)52-47)45-25-24-39-37-11-3-6-14-43(37)51-44-15-7-4-13-40(44)48(45)49(39)51/h1-26,28-29H,27H2. The fraction of sp³-hybridized carbons (Fsp3) is 0.0204. The van der Waals surface area contributed by atoms with Crippen LogP contribution in [-0.4, -0.2) is 4.40 Å². The first-order valence-electron chi connectivity index (χ1n) is 18.0. The maximum atomic E-state index is 6.14. The third kappa shape index (κ3) is 3.80. The number of hydrogen-bond donors (Lipinski definition) is 0. The number of nitrogens with zero attached hydrogens (tertiary/aromatic N) is 2. The second-order valence-electron chi connectivity index (χ2n) is 14.1. The number of fused-ring (bicyclic) bond motifs is 12. The Kier molecular flexibility index (Phi) is 5.56. The molecule has 11 aromatic rings. The van der Waals surface area contributed by atoms with Crippen LogP contribution < -0.4 is 4.90 Å². The molecule has 1 aliphatic rings. The molecular formula is C49H30N2O. The fourth-order valence-corrected chi connectivity index (χ4v) is 9.02. The molecule has 0 atom stereocenters. The Balaban J connectivity index is 1.09. The van der Waals surface area contributed by atoms with Crippen molar-refractivity contribution in [3.63, 3.8) is 0 Å². The first-order chi connectivity index (χ1) is 25.8. The van der Waals surface area contributed by atoms with Gasteiger partial charge in [-0.1, -0.05) is 109 Å². The molecular weight excluding hydrogens is 633 g/mol.